The Morgan fingerprint density at radius 2 is 2.33 bits per heavy atom. The van der Waals surface area contributed by atoms with Gasteiger partial charge in [-0.05, 0) is 25.7 Å². The molecule has 2 N–H and O–H groups in total. The summed E-state index contributed by atoms with van der Waals surface area (Å²) in [4.78, 5) is 17.4. The molecule has 0 aromatic carbocycles. The van der Waals surface area contributed by atoms with Crippen molar-refractivity contribution in [2.24, 2.45) is 5.92 Å². The van der Waals surface area contributed by atoms with Gasteiger partial charge in [-0.15, -0.1) is 11.3 Å². The summed E-state index contributed by atoms with van der Waals surface area (Å²) in [7, 11) is 0. The fraction of sp³-hybridized carbons (Fsp3) is 0.600. The minimum atomic E-state index is 0.0279. The van der Waals surface area contributed by atoms with Crippen LogP contribution in [0.3, 0.4) is 0 Å². The molecule has 2 rings (SSSR count). The van der Waals surface area contributed by atoms with Crippen LogP contribution < -0.4 is 5.32 Å². The van der Waals surface area contributed by atoms with Crippen LogP contribution in [0.1, 0.15) is 37.6 Å². The van der Waals surface area contributed by atoms with E-state index >= 15 is 0 Å². The minimum Gasteiger partial charge on any atom is -0.396 e. The number of carbonyl (C=O) groups is 1. The van der Waals surface area contributed by atoms with Gasteiger partial charge in [0.2, 0.25) is 5.91 Å². The van der Waals surface area contributed by atoms with E-state index < -0.39 is 0 Å². The Labute approximate surface area is 129 Å². The van der Waals surface area contributed by atoms with E-state index in [4.69, 9.17) is 5.11 Å². The first-order valence-corrected chi connectivity index (χ1v) is 8.31. The van der Waals surface area contributed by atoms with E-state index in [-0.39, 0.29) is 12.5 Å². The summed E-state index contributed by atoms with van der Waals surface area (Å²) in [6.07, 6.45) is 5.18. The summed E-state index contributed by atoms with van der Waals surface area (Å²) in [5.41, 5.74) is 1.94. The molecule has 1 amide bonds. The van der Waals surface area contributed by atoms with Crippen LogP contribution in [0, 0.1) is 12.8 Å². The quantitative estimate of drug-likeness (QED) is 0.785. The molecule has 6 heteroatoms. The van der Waals surface area contributed by atoms with Crippen molar-refractivity contribution in [2.75, 3.05) is 13.2 Å². The highest BCUT2D eigenvalue weighted by atomic mass is 32.1. The third-order valence-electron chi connectivity index (χ3n) is 3.57. The van der Waals surface area contributed by atoms with Crippen LogP contribution in [0.25, 0.3) is 4.96 Å². The lowest BCUT2D eigenvalue weighted by Crippen LogP contribution is -2.31. The molecule has 0 radical (unpaired) electrons. The van der Waals surface area contributed by atoms with E-state index in [9.17, 15) is 4.79 Å². The van der Waals surface area contributed by atoms with E-state index in [1.54, 1.807) is 11.3 Å². The van der Waals surface area contributed by atoms with Crippen molar-refractivity contribution in [3.63, 3.8) is 0 Å². The summed E-state index contributed by atoms with van der Waals surface area (Å²) >= 11 is 1.56. The molecule has 0 aliphatic heterocycles. The second-order valence-electron chi connectivity index (χ2n) is 5.41. The molecule has 2 heterocycles. The highest BCUT2D eigenvalue weighted by Crippen LogP contribution is 2.17. The molecule has 0 aliphatic carbocycles. The average Bonchev–Trinajstić information content (AvgIpc) is 2.97. The topological polar surface area (TPSA) is 66.6 Å². The monoisotopic (exact) mass is 309 g/mol. The van der Waals surface area contributed by atoms with Crippen molar-refractivity contribution >= 4 is 22.2 Å². The van der Waals surface area contributed by atoms with Gasteiger partial charge >= 0.3 is 0 Å². The van der Waals surface area contributed by atoms with E-state index in [2.05, 4.69) is 17.2 Å². The lowest BCUT2D eigenvalue weighted by atomic mass is 10.0. The second kappa shape index (κ2) is 7.56. The first-order valence-electron chi connectivity index (χ1n) is 7.43. The fourth-order valence-corrected chi connectivity index (χ4v) is 3.41. The SMILES string of the molecule is CCCC(CCO)CNC(=O)Cc1csc2nc(C)cn12. The molecule has 116 valence electrons. The largest absolute Gasteiger partial charge is 0.396 e. The van der Waals surface area contributed by atoms with Crippen molar-refractivity contribution < 1.29 is 9.90 Å². The van der Waals surface area contributed by atoms with Crippen molar-refractivity contribution in [1.82, 2.24) is 14.7 Å². The Morgan fingerprint density at radius 3 is 3.05 bits per heavy atom. The molecular weight excluding hydrogens is 286 g/mol. The fourth-order valence-electron chi connectivity index (χ4n) is 2.49. The third kappa shape index (κ3) is 4.28. The lowest BCUT2D eigenvalue weighted by Gasteiger charge is -2.15. The third-order valence-corrected chi connectivity index (χ3v) is 4.46. The lowest BCUT2D eigenvalue weighted by molar-refractivity contribution is -0.120. The molecule has 2 aromatic rings. The molecule has 0 aliphatic rings. The van der Waals surface area contributed by atoms with Gasteiger partial charge < -0.3 is 10.4 Å². The molecule has 0 bridgehead atoms. The standard InChI is InChI=1S/C15H23N3O2S/c1-3-4-12(5-6-19)8-16-14(20)7-13-10-21-15-17-11(2)9-18(13)15/h9-10,12,19H,3-8H2,1-2H3,(H,16,20). The molecule has 2 aromatic heterocycles. The molecule has 0 spiro atoms. The van der Waals surface area contributed by atoms with Crippen LogP contribution >= 0.6 is 11.3 Å². The first-order chi connectivity index (χ1) is 10.1. The zero-order valence-electron chi connectivity index (χ0n) is 12.6. The predicted molar refractivity (Wildman–Crippen MR) is 84.6 cm³/mol. The van der Waals surface area contributed by atoms with Gasteiger partial charge in [-0.1, -0.05) is 13.3 Å². The zero-order chi connectivity index (χ0) is 15.2. The summed E-state index contributed by atoms with van der Waals surface area (Å²) in [5, 5.41) is 14.0. The average molecular weight is 309 g/mol. The van der Waals surface area contributed by atoms with Crippen LogP contribution in [0.5, 0.6) is 0 Å². The molecule has 1 unspecified atom stereocenters. The maximum atomic E-state index is 12.1. The number of fused-ring (bicyclic) bond motifs is 1. The van der Waals surface area contributed by atoms with Gasteiger partial charge in [0.15, 0.2) is 4.96 Å². The molecule has 5 nitrogen and oxygen atoms in total. The van der Waals surface area contributed by atoms with Gasteiger partial charge in [0.1, 0.15) is 0 Å². The van der Waals surface area contributed by atoms with Crippen LogP contribution in [0.15, 0.2) is 11.6 Å². The van der Waals surface area contributed by atoms with Crippen molar-refractivity contribution in [2.45, 2.75) is 39.5 Å². The summed E-state index contributed by atoms with van der Waals surface area (Å²) in [6, 6.07) is 0. The highest BCUT2D eigenvalue weighted by molar-refractivity contribution is 7.15. The minimum absolute atomic E-state index is 0.0279. The van der Waals surface area contributed by atoms with Crippen molar-refractivity contribution in [1.29, 1.82) is 0 Å². The highest BCUT2D eigenvalue weighted by Gasteiger charge is 2.12. The Hall–Kier alpha value is -1.40. The number of aromatic nitrogens is 2. The number of thiazole rings is 1. The van der Waals surface area contributed by atoms with Crippen molar-refractivity contribution in [3.8, 4) is 0 Å². The molecule has 0 saturated carbocycles. The second-order valence-corrected chi connectivity index (χ2v) is 6.25. The number of imidazole rings is 1. The Morgan fingerprint density at radius 1 is 1.52 bits per heavy atom. The maximum Gasteiger partial charge on any atom is 0.225 e. The van der Waals surface area contributed by atoms with Gasteiger partial charge in [-0.2, -0.15) is 0 Å². The number of hydrogen-bond acceptors (Lipinski definition) is 4. The molecule has 0 saturated heterocycles. The van der Waals surface area contributed by atoms with E-state index in [0.29, 0.717) is 18.9 Å². The Kier molecular flexibility index (Phi) is 5.76. The smallest absolute Gasteiger partial charge is 0.225 e. The van der Waals surface area contributed by atoms with Gasteiger partial charge in [0.25, 0.3) is 0 Å². The van der Waals surface area contributed by atoms with E-state index in [0.717, 1.165) is 35.6 Å². The number of rotatable bonds is 8. The van der Waals surface area contributed by atoms with E-state index in [1.165, 1.54) is 0 Å². The Bertz CT molecular complexity index is 585. The molecule has 21 heavy (non-hydrogen) atoms. The number of hydrogen-bond donors (Lipinski definition) is 2. The number of nitrogens with one attached hydrogen (secondary N) is 1. The predicted octanol–water partition coefficient (Wildman–Crippen LogP) is 2.16. The van der Waals surface area contributed by atoms with Crippen LogP contribution in [-0.4, -0.2) is 33.6 Å². The molecular formula is C15H23N3O2S. The number of aryl methyl sites for hydroxylation is 1. The Balaban J connectivity index is 1.89. The number of nitrogens with zero attached hydrogens (tertiary/aromatic N) is 2. The number of carbonyl (C=O) groups excluding carboxylic acids is 1. The summed E-state index contributed by atoms with van der Waals surface area (Å²) in [5.74, 6) is 0.391. The normalized spacial score (nSPS) is 12.7. The first kappa shape index (κ1) is 16.0. The van der Waals surface area contributed by atoms with Gasteiger partial charge in [0.05, 0.1) is 12.1 Å². The maximum absolute atomic E-state index is 12.1. The number of aliphatic hydroxyl groups is 1. The number of aliphatic hydroxyl groups excluding tert-OH is 1. The summed E-state index contributed by atoms with van der Waals surface area (Å²) in [6.45, 7) is 4.90. The number of amides is 1. The van der Waals surface area contributed by atoms with Gasteiger partial charge in [0, 0.05) is 30.4 Å². The zero-order valence-corrected chi connectivity index (χ0v) is 13.4. The van der Waals surface area contributed by atoms with Crippen LogP contribution in [-0.2, 0) is 11.2 Å². The molecule has 0 fully saturated rings. The van der Waals surface area contributed by atoms with Gasteiger partial charge in [-0.3, -0.25) is 9.20 Å². The van der Waals surface area contributed by atoms with Crippen LogP contribution in [0.4, 0.5) is 0 Å². The molecule has 1 atom stereocenters. The van der Waals surface area contributed by atoms with Crippen molar-refractivity contribution in [3.05, 3.63) is 23.0 Å². The van der Waals surface area contributed by atoms with Crippen LogP contribution in [0.2, 0.25) is 0 Å². The summed E-state index contributed by atoms with van der Waals surface area (Å²) < 4.78 is 1.98. The van der Waals surface area contributed by atoms with Gasteiger partial charge in [-0.25, -0.2) is 4.98 Å². The van der Waals surface area contributed by atoms with E-state index in [1.807, 2.05) is 22.9 Å².